The Morgan fingerprint density at radius 3 is 2.04 bits per heavy atom. The average molecular weight is 383 g/mol. The number of carbonyl (C=O) groups excluding carboxylic acids is 3. The molecule has 6 nitrogen and oxygen atoms in total. The van der Waals surface area contributed by atoms with Crippen LogP contribution in [0.3, 0.4) is 0 Å². The number of hydrogen-bond acceptors (Lipinski definition) is 5. The van der Waals surface area contributed by atoms with Crippen molar-refractivity contribution in [1.82, 2.24) is 5.32 Å². The molecule has 0 saturated carbocycles. The van der Waals surface area contributed by atoms with Crippen LogP contribution in [0.15, 0.2) is 54.6 Å². The fraction of sp³-hybridized carbons (Fsp3) is 0.318. The van der Waals surface area contributed by atoms with Crippen molar-refractivity contribution in [2.45, 2.75) is 38.8 Å². The van der Waals surface area contributed by atoms with Crippen molar-refractivity contribution < 1.29 is 23.9 Å². The maximum Gasteiger partial charge on any atom is 0.338 e. The Hall–Kier alpha value is -3.15. The minimum atomic E-state index is -0.924. The van der Waals surface area contributed by atoms with Gasteiger partial charge in [-0.05, 0) is 56.5 Å². The minimum Gasteiger partial charge on any atom is -0.465 e. The second-order valence-corrected chi connectivity index (χ2v) is 6.55. The molecule has 2 aromatic rings. The lowest BCUT2D eigenvalue weighted by atomic mass is 10.1. The van der Waals surface area contributed by atoms with E-state index in [2.05, 4.69) is 10.1 Å². The summed E-state index contributed by atoms with van der Waals surface area (Å²) in [5, 5.41) is 2.86. The molecule has 0 aliphatic rings. The van der Waals surface area contributed by atoms with Gasteiger partial charge in [-0.1, -0.05) is 30.3 Å². The number of amides is 1. The zero-order valence-electron chi connectivity index (χ0n) is 16.3. The number of benzene rings is 2. The van der Waals surface area contributed by atoms with Crippen LogP contribution >= 0.6 is 0 Å². The molecule has 28 heavy (non-hydrogen) atoms. The molecule has 2 rings (SSSR count). The maximum atomic E-state index is 12.3. The number of carbonyl (C=O) groups is 3. The van der Waals surface area contributed by atoms with Gasteiger partial charge in [0.15, 0.2) is 6.10 Å². The quantitative estimate of drug-likeness (QED) is 0.708. The van der Waals surface area contributed by atoms with E-state index in [1.165, 1.54) is 43.9 Å². The van der Waals surface area contributed by atoms with Gasteiger partial charge in [0.2, 0.25) is 0 Å². The molecule has 0 bridgehead atoms. The predicted molar refractivity (Wildman–Crippen MR) is 105 cm³/mol. The second-order valence-electron chi connectivity index (χ2n) is 6.55. The Morgan fingerprint density at radius 2 is 1.46 bits per heavy atom. The van der Waals surface area contributed by atoms with E-state index in [-0.39, 0.29) is 17.5 Å². The molecule has 0 saturated heterocycles. The van der Waals surface area contributed by atoms with Gasteiger partial charge in [0, 0.05) is 6.04 Å². The van der Waals surface area contributed by atoms with Gasteiger partial charge in [0.05, 0.1) is 18.2 Å². The summed E-state index contributed by atoms with van der Waals surface area (Å²) in [5.41, 5.74) is 1.79. The number of esters is 2. The second kappa shape index (κ2) is 10.3. The lowest BCUT2D eigenvalue weighted by molar-refractivity contribution is -0.129. The van der Waals surface area contributed by atoms with Crippen LogP contribution in [-0.2, 0) is 20.7 Å². The van der Waals surface area contributed by atoms with Crippen LogP contribution in [0.5, 0.6) is 0 Å². The van der Waals surface area contributed by atoms with Crippen LogP contribution in [0.4, 0.5) is 0 Å². The summed E-state index contributed by atoms with van der Waals surface area (Å²) in [6.07, 6.45) is 0.709. The highest BCUT2D eigenvalue weighted by molar-refractivity contribution is 5.94. The molecular formula is C22H25NO5. The van der Waals surface area contributed by atoms with Gasteiger partial charge >= 0.3 is 11.9 Å². The molecule has 0 aromatic heterocycles. The van der Waals surface area contributed by atoms with Gasteiger partial charge in [-0.3, -0.25) is 4.79 Å². The lowest BCUT2D eigenvalue weighted by Gasteiger charge is -2.18. The summed E-state index contributed by atoms with van der Waals surface area (Å²) >= 11 is 0. The van der Waals surface area contributed by atoms with Crippen LogP contribution in [0.2, 0.25) is 0 Å². The van der Waals surface area contributed by atoms with E-state index < -0.39 is 18.0 Å². The van der Waals surface area contributed by atoms with Crippen LogP contribution < -0.4 is 5.32 Å². The Kier molecular flexibility index (Phi) is 7.75. The van der Waals surface area contributed by atoms with E-state index in [4.69, 9.17) is 4.74 Å². The zero-order valence-corrected chi connectivity index (χ0v) is 16.3. The third-order valence-corrected chi connectivity index (χ3v) is 4.29. The lowest BCUT2D eigenvalue weighted by Crippen LogP contribution is -2.41. The van der Waals surface area contributed by atoms with Crippen molar-refractivity contribution in [3.63, 3.8) is 0 Å². The summed E-state index contributed by atoms with van der Waals surface area (Å²) in [5.74, 6) is -1.46. The Morgan fingerprint density at radius 1 is 0.893 bits per heavy atom. The first-order valence-corrected chi connectivity index (χ1v) is 9.14. The van der Waals surface area contributed by atoms with Gasteiger partial charge < -0.3 is 14.8 Å². The van der Waals surface area contributed by atoms with Crippen molar-refractivity contribution in [2.75, 3.05) is 7.11 Å². The first-order valence-electron chi connectivity index (χ1n) is 9.14. The number of aryl methyl sites for hydroxylation is 1. The molecule has 0 unspecified atom stereocenters. The Labute approximate surface area is 164 Å². The first kappa shape index (κ1) is 21.2. The third kappa shape index (κ3) is 6.23. The third-order valence-electron chi connectivity index (χ3n) is 4.29. The topological polar surface area (TPSA) is 81.7 Å². The fourth-order valence-corrected chi connectivity index (χ4v) is 2.60. The maximum absolute atomic E-state index is 12.3. The molecule has 6 heteroatoms. The number of methoxy groups -OCH3 is 1. The molecule has 148 valence electrons. The molecule has 0 aliphatic carbocycles. The largest absolute Gasteiger partial charge is 0.465 e. The first-order chi connectivity index (χ1) is 13.4. The smallest absolute Gasteiger partial charge is 0.338 e. The predicted octanol–water partition coefficient (Wildman–Crippen LogP) is 3.16. The normalized spacial score (nSPS) is 12.5. The van der Waals surface area contributed by atoms with Crippen molar-refractivity contribution in [1.29, 1.82) is 0 Å². The summed E-state index contributed by atoms with van der Waals surface area (Å²) in [6.45, 7) is 3.45. The van der Waals surface area contributed by atoms with Crippen LogP contribution in [0.1, 0.15) is 46.5 Å². The molecule has 0 radical (unpaired) electrons. The van der Waals surface area contributed by atoms with E-state index in [1.54, 1.807) is 0 Å². The summed E-state index contributed by atoms with van der Waals surface area (Å²) in [7, 11) is 1.28. The van der Waals surface area contributed by atoms with Crippen LogP contribution in [0, 0.1) is 0 Å². The molecule has 2 atom stereocenters. The SMILES string of the molecule is COC(=O)c1ccc(C(=O)O[C@@H](C)C(=O)N[C@H](C)CCc2ccccc2)cc1. The van der Waals surface area contributed by atoms with Crippen LogP contribution in [0.25, 0.3) is 0 Å². The van der Waals surface area contributed by atoms with Crippen molar-refractivity contribution in [3.05, 3.63) is 71.3 Å². The average Bonchev–Trinajstić information content (AvgIpc) is 2.72. The minimum absolute atomic E-state index is 0.0480. The van der Waals surface area contributed by atoms with E-state index in [1.807, 2.05) is 37.3 Å². The zero-order chi connectivity index (χ0) is 20.5. The van der Waals surface area contributed by atoms with Gasteiger partial charge in [-0.15, -0.1) is 0 Å². The molecule has 1 amide bonds. The molecule has 0 fully saturated rings. The number of nitrogens with one attached hydrogen (secondary N) is 1. The van der Waals surface area contributed by atoms with Crippen molar-refractivity contribution in [2.24, 2.45) is 0 Å². The van der Waals surface area contributed by atoms with Gasteiger partial charge in [-0.2, -0.15) is 0 Å². The standard InChI is InChI=1S/C22H25NO5/c1-15(9-10-17-7-5-4-6-8-17)23-20(24)16(2)28-22(26)19-13-11-18(12-14-19)21(25)27-3/h4-8,11-16H,9-10H2,1-3H3,(H,23,24)/t15-,16+/m1/s1. The van der Waals surface area contributed by atoms with Gasteiger partial charge in [0.25, 0.3) is 5.91 Å². The van der Waals surface area contributed by atoms with Crippen molar-refractivity contribution >= 4 is 17.8 Å². The van der Waals surface area contributed by atoms with Gasteiger partial charge in [-0.25, -0.2) is 9.59 Å². The molecule has 2 aromatic carbocycles. The fourth-order valence-electron chi connectivity index (χ4n) is 2.60. The Bertz CT molecular complexity index is 801. The summed E-state index contributed by atoms with van der Waals surface area (Å²) in [6, 6.07) is 15.8. The highest BCUT2D eigenvalue weighted by atomic mass is 16.5. The van der Waals surface area contributed by atoms with Crippen molar-refractivity contribution in [3.8, 4) is 0 Å². The van der Waals surface area contributed by atoms with E-state index in [9.17, 15) is 14.4 Å². The van der Waals surface area contributed by atoms with Gasteiger partial charge in [0.1, 0.15) is 0 Å². The highest BCUT2D eigenvalue weighted by Crippen LogP contribution is 2.09. The monoisotopic (exact) mass is 383 g/mol. The van der Waals surface area contributed by atoms with Crippen LogP contribution in [-0.4, -0.2) is 37.1 Å². The number of hydrogen-bond donors (Lipinski definition) is 1. The number of ether oxygens (including phenoxy) is 2. The number of rotatable bonds is 8. The molecule has 0 heterocycles. The summed E-state index contributed by atoms with van der Waals surface area (Å²) in [4.78, 5) is 35.9. The summed E-state index contributed by atoms with van der Waals surface area (Å²) < 4.78 is 9.83. The van der Waals surface area contributed by atoms with E-state index in [0.717, 1.165) is 12.8 Å². The van der Waals surface area contributed by atoms with E-state index in [0.29, 0.717) is 5.56 Å². The molecule has 0 aliphatic heterocycles. The highest BCUT2D eigenvalue weighted by Gasteiger charge is 2.20. The Balaban J connectivity index is 1.82. The molecular weight excluding hydrogens is 358 g/mol. The molecule has 0 spiro atoms. The van der Waals surface area contributed by atoms with E-state index >= 15 is 0 Å². The molecule has 1 N–H and O–H groups in total.